The van der Waals surface area contributed by atoms with Gasteiger partial charge in [-0.05, 0) is 31.7 Å². The lowest BCUT2D eigenvalue weighted by atomic mass is 9.93. The first-order valence-electron chi connectivity index (χ1n) is 10.1. The molecule has 3 N–H and O–H groups in total. The van der Waals surface area contributed by atoms with Gasteiger partial charge in [0.1, 0.15) is 5.75 Å². The maximum absolute atomic E-state index is 12.7. The standard InChI is InChI=1S/C21H28N4O3/c1-3-21(2)11-18(26)25(20(22)24-21)12-13-10-15(13)19(27)23-16-8-9-28-17-7-5-4-6-14(16)17/h4-7,13,15-16H,3,8-12H2,1-2H3,(H2,22,24)(H,23,27)/t13-,15?,16+,21-/m1/s1. The van der Waals surface area contributed by atoms with Crippen molar-refractivity contribution in [1.29, 1.82) is 0 Å². The largest absolute Gasteiger partial charge is 0.493 e. The third kappa shape index (κ3) is 3.57. The summed E-state index contributed by atoms with van der Waals surface area (Å²) in [6.07, 6.45) is 2.68. The van der Waals surface area contributed by atoms with Gasteiger partial charge in [0, 0.05) is 24.4 Å². The van der Waals surface area contributed by atoms with Crippen molar-refractivity contribution in [2.24, 2.45) is 22.6 Å². The maximum atomic E-state index is 12.7. The summed E-state index contributed by atoms with van der Waals surface area (Å²) in [6, 6.07) is 7.80. The Morgan fingerprint density at radius 2 is 2.21 bits per heavy atom. The van der Waals surface area contributed by atoms with Crippen LogP contribution < -0.4 is 15.8 Å². The molecular formula is C21H28N4O3. The zero-order valence-corrected chi connectivity index (χ0v) is 16.5. The van der Waals surface area contributed by atoms with Gasteiger partial charge in [0.15, 0.2) is 5.96 Å². The number of hydrogen-bond donors (Lipinski definition) is 2. The number of para-hydroxylation sites is 1. The summed E-state index contributed by atoms with van der Waals surface area (Å²) in [6.45, 7) is 5.03. The van der Waals surface area contributed by atoms with Crippen LogP contribution in [-0.4, -0.2) is 41.4 Å². The van der Waals surface area contributed by atoms with Gasteiger partial charge < -0.3 is 15.8 Å². The van der Waals surface area contributed by atoms with Crippen LogP contribution in [0.15, 0.2) is 29.3 Å². The lowest BCUT2D eigenvalue weighted by Crippen LogP contribution is -2.51. The number of guanidine groups is 1. The van der Waals surface area contributed by atoms with E-state index in [9.17, 15) is 9.59 Å². The van der Waals surface area contributed by atoms with E-state index in [1.807, 2.05) is 38.1 Å². The summed E-state index contributed by atoms with van der Waals surface area (Å²) < 4.78 is 5.66. The van der Waals surface area contributed by atoms with E-state index in [1.165, 1.54) is 0 Å². The van der Waals surface area contributed by atoms with Crippen molar-refractivity contribution in [1.82, 2.24) is 10.2 Å². The molecule has 1 aromatic rings. The lowest BCUT2D eigenvalue weighted by molar-refractivity contribution is -0.130. The number of ether oxygens (including phenoxy) is 1. The van der Waals surface area contributed by atoms with E-state index >= 15 is 0 Å². The molecule has 4 atom stereocenters. The number of benzene rings is 1. The van der Waals surface area contributed by atoms with Crippen molar-refractivity contribution < 1.29 is 14.3 Å². The molecule has 4 rings (SSSR count). The first-order valence-corrected chi connectivity index (χ1v) is 10.1. The highest BCUT2D eigenvalue weighted by atomic mass is 16.5. The third-order valence-corrected chi connectivity index (χ3v) is 6.21. The number of carbonyl (C=O) groups excluding carboxylic acids is 2. The molecule has 1 aliphatic carbocycles. The fourth-order valence-corrected chi connectivity index (χ4v) is 4.10. The number of amides is 2. The Morgan fingerprint density at radius 3 is 2.96 bits per heavy atom. The molecule has 3 aliphatic rings. The van der Waals surface area contributed by atoms with E-state index < -0.39 is 5.54 Å². The molecule has 0 bridgehead atoms. The Hall–Kier alpha value is -2.57. The van der Waals surface area contributed by atoms with Gasteiger partial charge in [-0.2, -0.15) is 0 Å². The highest BCUT2D eigenvalue weighted by Crippen LogP contribution is 2.41. The SMILES string of the molecule is CC[C@]1(C)CC(=O)N(C[C@H]2CC2C(=O)N[C@H]2CCOc3ccccc32)C(N)=N1. The van der Waals surface area contributed by atoms with E-state index in [1.54, 1.807) is 4.90 Å². The molecule has 0 radical (unpaired) electrons. The molecule has 1 saturated carbocycles. The van der Waals surface area contributed by atoms with Crippen molar-refractivity contribution in [2.45, 2.75) is 51.1 Å². The molecule has 7 nitrogen and oxygen atoms in total. The number of fused-ring (bicyclic) bond motifs is 1. The first kappa shape index (κ1) is 18.8. The fourth-order valence-electron chi connectivity index (χ4n) is 4.10. The zero-order chi connectivity index (χ0) is 19.9. The normalized spacial score (nSPS) is 31.5. The predicted octanol–water partition coefficient (Wildman–Crippen LogP) is 1.98. The molecule has 7 heteroatoms. The Morgan fingerprint density at radius 1 is 1.43 bits per heavy atom. The van der Waals surface area contributed by atoms with Gasteiger partial charge in [-0.25, -0.2) is 4.99 Å². The van der Waals surface area contributed by atoms with Crippen LogP contribution in [0.5, 0.6) is 5.75 Å². The Labute approximate surface area is 165 Å². The molecule has 150 valence electrons. The van der Waals surface area contributed by atoms with Crippen molar-refractivity contribution in [2.75, 3.05) is 13.2 Å². The first-order chi connectivity index (χ1) is 13.4. The van der Waals surface area contributed by atoms with Gasteiger partial charge in [-0.15, -0.1) is 0 Å². The molecule has 1 unspecified atom stereocenters. The molecule has 28 heavy (non-hydrogen) atoms. The molecule has 0 spiro atoms. The van der Waals surface area contributed by atoms with Gasteiger partial charge in [0.2, 0.25) is 11.8 Å². The summed E-state index contributed by atoms with van der Waals surface area (Å²) in [5.74, 6) is 1.23. The molecule has 1 aromatic carbocycles. The number of nitrogens with one attached hydrogen (secondary N) is 1. The minimum absolute atomic E-state index is 0.00117. The lowest BCUT2D eigenvalue weighted by Gasteiger charge is -2.34. The van der Waals surface area contributed by atoms with Crippen molar-refractivity contribution in [3.05, 3.63) is 29.8 Å². The van der Waals surface area contributed by atoms with Crippen LogP contribution in [0.4, 0.5) is 0 Å². The highest BCUT2D eigenvalue weighted by Gasteiger charge is 2.47. The van der Waals surface area contributed by atoms with Crippen molar-refractivity contribution in [3.8, 4) is 5.75 Å². The third-order valence-electron chi connectivity index (χ3n) is 6.21. The predicted molar refractivity (Wildman–Crippen MR) is 106 cm³/mol. The number of aliphatic imine (C=N–C) groups is 1. The Kier molecular flexibility index (Phi) is 4.77. The van der Waals surface area contributed by atoms with Gasteiger partial charge in [0.05, 0.1) is 24.6 Å². The van der Waals surface area contributed by atoms with Crippen molar-refractivity contribution >= 4 is 17.8 Å². The molecule has 2 heterocycles. The number of hydrogen-bond acceptors (Lipinski definition) is 5. The summed E-state index contributed by atoms with van der Waals surface area (Å²) in [7, 11) is 0. The highest BCUT2D eigenvalue weighted by molar-refractivity contribution is 5.99. The average Bonchev–Trinajstić information content (AvgIpc) is 3.45. The van der Waals surface area contributed by atoms with Gasteiger partial charge in [0.25, 0.3) is 0 Å². The summed E-state index contributed by atoms with van der Waals surface area (Å²) in [5, 5.41) is 3.17. The topological polar surface area (TPSA) is 97.0 Å². The van der Waals surface area contributed by atoms with Crippen LogP contribution in [0.1, 0.15) is 51.1 Å². The minimum Gasteiger partial charge on any atom is -0.493 e. The van der Waals surface area contributed by atoms with E-state index in [0.29, 0.717) is 19.6 Å². The number of carbonyl (C=O) groups is 2. The maximum Gasteiger partial charge on any atom is 0.231 e. The number of nitrogens with two attached hydrogens (primary N) is 1. The molecule has 0 aromatic heterocycles. The number of rotatable bonds is 5. The van der Waals surface area contributed by atoms with Gasteiger partial charge in [-0.1, -0.05) is 25.1 Å². The van der Waals surface area contributed by atoms with Crippen LogP contribution >= 0.6 is 0 Å². The second-order valence-electron chi connectivity index (χ2n) is 8.34. The minimum atomic E-state index is -0.408. The van der Waals surface area contributed by atoms with Crippen LogP contribution in [0, 0.1) is 11.8 Å². The Bertz CT molecular complexity index is 824. The quantitative estimate of drug-likeness (QED) is 0.811. The van der Waals surface area contributed by atoms with Crippen LogP contribution in [-0.2, 0) is 9.59 Å². The fraction of sp³-hybridized carbons (Fsp3) is 0.571. The molecule has 0 saturated heterocycles. The Balaban J connectivity index is 1.36. The van der Waals surface area contributed by atoms with E-state index in [2.05, 4.69) is 10.3 Å². The van der Waals surface area contributed by atoms with E-state index in [-0.39, 0.29) is 35.7 Å². The second-order valence-corrected chi connectivity index (χ2v) is 8.34. The van der Waals surface area contributed by atoms with E-state index in [4.69, 9.17) is 10.5 Å². The molecule has 2 aliphatic heterocycles. The monoisotopic (exact) mass is 384 g/mol. The summed E-state index contributed by atoms with van der Waals surface area (Å²) in [4.78, 5) is 31.3. The van der Waals surface area contributed by atoms with Crippen LogP contribution in [0.2, 0.25) is 0 Å². The van der Waals surface area contributed by atoms with Gasteiger partial charge >= 0.3 is 0 Å². The molecule has 2 amide bonds. The number of nitrogens with zero attached hydrogens (tertiary/aromatic N) is 2. The van der Waals surface area contributed by atoms with E-state index in [0.717, 1.165) is 30.6 Å². The summed E-state index contributed by atoms with van der Waals surface area (Å²) in [5.41, 5.74) is 6.68. The zero-order valence-electron chi connectivity index (χ0n) is 16.5. The molecular weight excluding hydrogens is 356 g/mol. The second kappa shape index (κ2) is 7.11. The smallest absolute Gasteiger partial charge is 0.231 e. The van der Waals surface area contributed by atoms with Crippen LogP contribution in [0.25, 0.3) is 0 Å². The van der Waals surface area contributed by atoms with Crippen LogP contribution in [0.3, 0.4) is 0 Å². The van der Waals surface area contributed by atoms with Gasteiger partial charge in [-0.3, -0.25) is 14.5 Å². The van der Waals surface area contributed by atoms with Crippen molar-refractivity contribution in [3.63, 3.8) is 0 Å². The summed E-state index contributed by atoms with van der Waals surface area (Å²) >= 11 is 0. The average molecular weight is 384 g/mol. The molecule has 1 fully saturated rings.